The Labute approximate surface area is 93.7 Å². The minimum Gasteiger partial charge on any atom is -0.508 e. The third-order valence-corrected chi connectivity index (χ3v) is 2.47. The van der Waals surface area contributed by atoms with E-state index in [-0.39, 0.29) is 11.7 Å². The van der Waals surface area contributed by atoms with Crippen molar-refractivity contribution in [2.24, 2.45) is 5.73 Å². The molecule has 0 saturated heterocycles. The number of nitrogens with two attached hydrogens (primary N) is 1. The summed E-state index contributed by atoms with van der Waals surface area (Å²) >= 11 is 0. The maximum absolute atomic E-state index is 9.35. The van der Waals surface area contributed by atoms with Crippen LogP contribution in [-0.4, -0.2) is 16.6 Å². The zero-order valence-electron chi connectivity index (χ0n) is 9.05. The number of phenols is 1. The number of phenolic OH excluding ortho intramolecular Hbond substituents is 1. The number of hydrogen-bond donors (Lipinski definition) is 2. The molecule has 0 aliphatic rings. The Kier molecular flexibility index (Phi) is 2.92. The Bertz CT molecular complexity index is 479. The molecule has 4 nitrogen and oxygen atoms in total. The number of nitrogens with zero attached hydrogens (tertiary/aromatic N) is 1. The number of oxazole rings is 1. The molecule has 1 heterocycles. The van der Waals surface area contributed by atoms with Crippen molar-refractivity contribution >= 4 is 0 Å². The van der Waals surface area contributed by atoms with Crippen molar-refractivity contribution in [2.75, 3.05) is 6.54 Å². The molecule has 84 valence electrons. The summed E-state index contributed by atoms with van der Waals surface area (Å²) in [5, 5.41) is 9.35. The molecule has 0 spiro atoms. The van der Waals surface area contributed by atoms with Crippen molar-refractivity contribution in [3.8, 4) is 17.2 Å². The van der Waals surface area contributed by atoms with Gasteiger partial charge in [-0.2, -0.15) is 0 Å². The molecule has 3 N–H and O–H groups in total. The average molecular weight is 218 g/mol. The highest BCUT2D eigenvalue weighted by Crippen LogP contribution is 2.24. The standard InChI is InChI=1S/C12H14N2O2/c1-8(6-13)11-7-16-12(14-11)9-3-2-4-10(15)5-9/h2-5,7-8,15H,6,13H2,1H3. The summed E-state index contributed by atoms with van der Waals surface area (Å²) in [7, 11) is 0. The molecule has 0 amide bonds. The second kappa shape index (κ2) is 4.37. The minimum atomic E-state index is 0.176. The van der Waals surface area contributed by atoms with Crippen LogP contribution in [0.5, 0.6) is 5.75 Å². The van der Waals surface area contributed by atoms with Gasteiger partial charge >= 0.3 is 0 Å². The van der Waals surface area contributed by atoms with Crippen LogP contribution in [0.3, 0.4) is 0 Å². The molecule has 0 radical (unpaired) electrons. The van der Waals surface area contributed by atoms with E-state index in [0.717, 1.165) is 11.3 Å². The highest BCUT2D eigenvalue weighted by atomic mass is 16.3. The second-order valence-corrected chi connectivity index (χ2v) is 3.76. The number of rotatable bonds is 3. The van der Waals surface area contributed by atoms with Gasteiger partial charge in [0.2, 0.25) is 5.89 Å². The zero-order valence-corrected chi connectivity index (χ0v) is 9.05. The van der Waals surface area contributed by atoms with E-state index in [1.807, 2.05) is 13.0 Å². The Balaban J connectivity index is 2.31. The monoisotopic (exact) mass is 218 g/mol. The molecule has 2 rings (SSSR count). The van der Waals surface area contributed by atoms with Crippen molar-refractivity contribution in [3.63, 3.8) is 0 Å². The molecule has 1 unspecified atom stereocenters. The third-order valence-electron chi connectivity index (χ3n) is 2.47. The van der Waals surface area contributed by atoms with Gasteiger partial charge in [-0.25, -0.2) is 4.98 Å². The van der Waals surface area contributed by atoms with Crippen molar-refractivity contribution in [1.82, 2.24) is 4.98 Å². The van der Waals surface area contributed by atoms with Crippen LogP contribution in [0.4, 0.5) is 0 Å². The van der Waals surface area contributed by atoms with E-state index in [0.29, 0.717) is 12.4 Å². The molecule has 1 aromatic carbocycles. The fourth-order valence-corrected chi connectivity index (χ4v) is 1.40. The molecule has 0 bridgehead atoms. The lowest BCUT2D eigenvalue weighted by Crippen LogP contribution is -2.08. The van der Waals surface area contributed by atoms with Gasteiger partial charge in [-0.15, -0.1) is 0 Å². The van der Waals surface area contributed by atoms with Gasteiger partial charge in [0, 0.05) is 18.0 Å². The van der Waals surface area contributed by atoms with Crippen LogP contribution in [0.25, 0.3) is 11.5 Å². The highest BCUT2D eigenvalue weighted by molar-refractivity contribution is 5.55. The molecule has 0 fully saturated rings. The summed E-state index contributed by atoms with van der Waals surface area (Å²) in [6.45, 7) is 2.52. The van der Waals surface area contributed by atoms with Crippen LogP contribution in [0.1, 0.15) is 18.5 Å². The first-order valence-electron chi connectivity index (χ1n) is 5.15. The van der Waals surface area contributed by atoms with E-state index >= 15 is 0 Å². The van der Waals surface area contributed by atoms with Crippen LogP contribution < -0.4 is 5.73 Å². The maximum atomic E-state index is 9.35. The highest BCUT2D eigenvalue weighted by Gasteiger charge is 2.11. The molecule has 1 atom stereocenters. The van der Waals surface area contributed by atoms with Crippen LogP contribution in [-0.2, 0) is 0 Å². The van der Waals surface area contributed by atoms with Gasteiger partial charge in [0.15, 0.2) is 0 Å². The first kappa shape index (κ1) is 10.7. The first-order chi connectivity index (χ1) is 7.70. The Morgan fingerprint density at radius 1 is 1.50 bits per heavy atom. The van der Waals surface area contributed by atoms with Crippen molar-refractivity contribution in [3.05, 3.63) is 36.2 Å². The molecular formula is C12H14N2O2. The van der Waals surface area contributed by atoms with Crippen molar-refractivity contribution < 1.29 is 9.52 Å². The lowest BCUT2D eigenvalue weighted by molar-refractivity contribution is 0.475. The second-order valence-electron chi connectivity index (χ2n) is 3.76. The summed E-state index contributed by atoms with van der Waals surface area (Å²) in [4.78, 5) is 4.33. The topological polar surface area (TPSA) is 72.3 Å². The molecule has 0 saturated carbocycles. The molecule has 4 heteroatoms. The van der Waals surface area contributed by atoms with Gasteiger partial charge in [0.1, 0.15) is 12.0 Å². The lowest BCUT2D eigenvalue weighted by atomic mass is 10.1. The SMILES string of the molecule is CC(CN)c1coc(-c2cccc(O)c2)n1. The third kappa shape index (κ3) is 2.06. The van der Waals surface area contributed by atoms with Gasteiger partial charge in [-0.1, -0.05) is 13.0 Å². The maximum Gasteiger partial charge on any atom is 0.226 e. The summed E-state index contributed by atoms with van der Waals surface area (Å²) in [5.74, 6) is 0.880. The van der Waals surface area contributed by atoms with Crippen molar-refractivity contribution in [2.45, 2.75) is 12.8 Å². The summed E-state index contributed by atoms with van der Waals surface area (Å²) < 4.78 is 5.35. The van der Waals surface area contributed by atoms with Crippen LogP contribution in [0, 0.1) is 0 Å². The molecule has 2 aromatic rings. The van der Waals surface area contributed by atoms with E-state index in [1.54, 1.807) is 24.5 Å². The average Bonchev–Trinajstić information content (AvgIpc) is 2.77. The predicted octanol–water partition coefficient (Wildman–Crippen LogP) is 2.11. The van der Waals surface area contributed by atoms with E-state index < -0.39 is 0 Å². The molecular weight excluding hydrogens is 204 g/mol. The smallest absolute Gasteiger partial charge is 0.226 e. The molecule has 16 heavy (non-hydrogen) atoms. The van der Waals surface area contributed by atoms with Crippen LogP contribution in [0.15, 0.2) is 34.9 Å². The molecule has 1 aromatic heterocycles. The summed E-state index contributed by atoms with van der Waals surface area (Å²) in [6.07, 6.45) is 1.61. The normalized spacial score (nSPS) is 12.6. The molecule has 0 aliphatic heterocycles. The van der Waals surface area contributed by atoms with Gasteiger partial charge < -0.3 is 15.3 Å². The van der Waals surface area contributed by atoms with Gasteiger partial charge in [-0.3, -0.25) is 0 Å². The van der Waals surface area contributed by atoms with Gasteiger partial charge in [0.25, 0.3) is 0 Å². The molecule has 0 aliphatic carbocycles. The summed E-state index contributed by atoms with van der Waals surface area (Å²) in [6, 6.07) is 6.81. The first-order valence-corrected chi connectivity index (χ1v) is 5.15. The lowest BCUT2D eigenvalue weighted by Gasteiger charge is -2.01. The largest absolute Gasteiger partial charge is 0.508 e. The van der Waals surface area contributed by atoms with E-state index in [1.165, 1.54) is 0 Å². The summed E-state index contributed by atoms with van der Waals surface area (Å²) in [5.41, 5.74) is 7.15. The Hall–Kier alpha value is -1.81. The number of hydrogen-bond acceptors (Lipinski definition) is 4. The van der Waals surface area contributed by atoms with Crippen LogP contribution >= 0.6 is 0 Å². The quantitative estimate of drug-likeness (QED) is 0.827. The van der Waals surface area contributed by atoms with E-state index in [4.69, 9.17) is 10.2 Å². The van der Waals surface area contributed by atoms with Crippen molar-refractivity contribution in [1.29, 1.82) is 0 Å². The fraction of sp³-hybridized carbons (Fsp3) is 0.250. The van der Waals surface area contributed by atoms with E-state index in [9.17, 15) is 5.11 Å². The number of aromatic nitrogens is 1. The van der Waals surface area contributed by atoms with Gasteiger partial charge in [0.05, 0.1) is 5.69 Å². The Morgan fingerprint density at radius 3 is 3.00 bits per heavy atom. The zero-order chi connectivity index (χ0) is 11.5. The Morgan fingerprint density at radius 2 is 2.31 bits per heavy atom. The van der Waals surface area contributed by atoms with Crippen LogP contribution in [0.2, 0.25) is 0 Å². The number of benzene rings is 1. The van der Waals surface area contributed by atoms with E-state index in [2.05, 4.69) is 4.98 Å². The van der Waals surface area contributed by atoms with Gasteiger partial charge in [-0.05, 0) is 18.2 Å². The fourth-order valence-electron chi connectivity index (χ4n) is 1.40. The minimum absolute atomic E-state index is 0.176. The number of aromatic hydroxyl groups is 1. The predicted molar refractivity (Wildman–Crippen MR) is 61.1 cm³/mol.